The van der Waals surface area contributed by atoms with Crippen molar-refractivity contribution in [1.29, 1.82) is 0 Å². The van der Waals surface area contributed by atoms with Crippen molar-refractivity contribution in [2.24, 2.45) is 0 Å². The van der Waals surface area contributed by atoms with Crippen molar-refractivity contribution in [3.63, 3.8) is 0 Å². The lowest BCUT2D eigenvalue weighted by atomic mass is 9.96. The largest absolute Gasteiger partial charge is 0.481 e. The van der Waals surface area contributed by atoms with Crippen LogP contribution >= 0.6 is 0 Å². The van der Waals surface area contributed by atoms with Crippen LogP contribution in [0.5, 0.6) is 0 Å². The molecule has 1 aliphatic rings. The molecule has 0 aromatic rings. The first-order chi connectivity index (χ1) is 5.93. The number of nitrogens with one attached hydrogen (secondary N) is 1. The van der Waals surface area contributed by atoms with Crippen molar-refractivity contribution in [1.82, 2.24) is 5.32 Å². The summed E-state index contributed by atoms with van der Waals surface area (Å²) in [6.07, 6.45) is 1.06. The average Bonchev–Trinajstić information content (AvgIpc) is 2.29. The smallest absolute Gasteiger partial charge is 0.320 e. The molecule has 0 amide bonds. The van der Waals surface area contributed by atoms with E-state index in [4.69, 9.17) is 10.2 Å². The third-order valence-electron chi connectivity index (χ3n) is 2.35. The van der Waals surface area contributed by atoms with E-state index in [-0.39, 0.29) is 6.42 Å². The van der Waals surface area contributed by atoms with Gasteiger partial charge in [0.15, 0.2) is 0 Å². The topological polar surface area (TPSA) is 86.6 Å². The number of carboxylic acids is 2. The van der Waals surface area contributed by atoms with Gasteiger partial charge < -0.3 is 10.2 Å². The maximum Gasteiger partial charge on any atom is 0.320 e. The molecule has 1 fully saturated rings. The van der Waals surface area contributed by atoms with Crippen LogP contribution in [0.4, 0.5) is 0 Å². The Morgan fingerprint density at radius 2 is 2.15 bits per heavy atom. The lowest BCUT2D eigenvalue weighted by Gasteiger charge is -2.22. The van der Waals surface area contributed by atoms with Gasteiger partial charge in [-0.15, -0.1) is 0 Å². The second kappa shape index (κ2) is 3.33. The highest BCUT2D eigenvalue weighted by Gasteiger charge is 2.38. The van der Waals surface area contributed by atoms with Gasteiger partial charge in [0, 0.05) is 5.54 Å². The molecule has 3 N–H and O–H groups in total. The van der Waals surface area contributed by atoms with Crippen LogP contribution in [0.1, 0.15) is 26.2 Å². The number of hydrogen-bond acceptors (Lipinski definition) is 3. The third kappa shape index (κ3) is 2.42. The Morgan fingerprint density at radius 1 is 1.54 bits per heavy atom. The van der Waals surface area contributed by atoms with Gasteiger partial charge in [-0.25, -0.2) is 0 Å². The number of carboxylic acid groups (broad SMARTS) is 2. The molecular formula is C8H13NO4. The van der Waals surface area contributed by atoms with Crippen LogP contribution in [-0.4, -0.2) is 33.7 Å². The Balaban J connectivity index is 2.56. The lowest BCUT2D eigenvalue weighted by Crippen LogP contribution is -2.44. The third-order valence-corrected chi connectivity index (χ3v) is 2.35. The molecule has 1 heterocycles. The van der Waals surface area contributed by atoms with Gasteiger partial charge in [0.2, 0.25) is 0 Å². The van der Waals surface area contributed by atoms with Gasteiger partial charge in [-0.1, -0.05) is 0 Å². The van der Waals surface area contributed by atoms with Gasteiger partial charge in [-0.3, -0.25) is 14.9 Å². The molecule has 5 heteroatoms. The highest BCUT2D eigenvalue weighted by molar-refractivity contribution is 5.75. The van der Waals surface area contributed by atoms with Crippen molar-refractivity contribution in [3.05, 3.63) is 0 Å². The van der Waals surface area contributed by atoms with Gasteiger partial charge in [-0.05, 0) is 19.8 Å². The van der Waals surface area contributed by atoms with Crippen molar-refractivity contribution in [3.8, 4) is 0 Å². The van der Waals surface area contributed by atoms with Crippen molar-refractivity contribution in [2.45, 2.75) is 37.8 Å². The zero-order chi connectivity index (χ0) is 10.1. The first-order valence-corrected chi connectivity index (χ1v) is 4.15. The number of rotatable bonds is 3. The van der Waals surface area contributed by atoms with Crippen LogP contribution in [0.15, 0.2) is 0 Å². The predicted octanol–water partition coefficient (Wildman–Crippen LogP) is 0.0564. The average molecular weight is 187 g/mol. The van der Waals surface area contributed by atoms with Gasteiger partial charge in [0.25, 0.3) is 0 Å². The molecule has 0 bridgehead atoms. The van der Waals surface area contributed by atoms with Crippen LogP contribution in [-0.2, 0) is 9.59 Å². The molecule has 0 spiro atoms. The summed E-state index contributed by atoms with van der Waals surface area (Å²) >= 11 is 0. The van der Waals surface area contributed by atoms with E-state index >= 15 is 0 Å². The highest BCUT2D eigenvalue weighted by Crippen LogP contribution is 2.26. The van der Waals surface area contributed by atoms with Gasteiger partial charge in [-0.2, -0.15) is 0 Å². The Bertz CT molecular complexity index is 240. The van der Waals surface area contributed by atoms with E-state index in [9.17, 15) is 9.59 Å². The number of aliphatic carboxylic acids is 2. The molecule has 13 heavy (non-hydrogen) atoms. The molecule has 0 aromatic heterocycles. The maximum atomic E-state index is 10.6. The molecular weight excluding hydrogens is 174 g/mol. The van der Waals surface area contributed by atoms with Crippen LogP contribution in [0.25, 0.3) is 0 Å². The summed E-state index contributed by atoms with van der Waals surface area (Å²) in [4.78, 5) is 21.0. The van der Waals surface area contributed by atoms with E-state index in [2.05, 4.69) is 5.32 Å². The summed E-state index contributed by atoms with van der Waals surface area (Å²) in [7, 11) is 0. The fraction of sp³-hybridized carbons (Fsp3) is 0.750. The molecule has 0 aromatic carbocycles. The van der Waals surface area contributed by atoms with Crippen LogP contribution in [0, 0.1) is 0 Å². The van der Waals surface area contributed by atoms with Crippen LogP contribution in [0.3, 0.4) is 0 Å². The predicted molar refractivity (Wildman–Crippen MR) is 44.5 cm³/mol. The Labute approximate surface area is 75.7 Å². The molecule has 0 radical (unpaired) electrons. The zero-order valence-electron chi connectivity index (χ0n) is 7.41. The second-order valence-corrected chi connectivity index (χ2v) is 3.71. The van der Waals surface area contributed by atoms with Crippen molar-refractivity contribution < 1.29 is 19.8 Å². The summed E-state index contributed by atoms with van der Waals surface area (Å²) in [6.45, 7) is 1.74. The SMILES string of the molecule is CC1(CC(=O)O)CC[C@@H](C(=O)O)N1. The van der Waals surface area contributed by atoms with E-state index in [0.29, 0.717) is 12.8 Å². The molecule has 1 rings (SSSR count). The van der Waals surface area contributed by atoms with Crippen LogP contribution < -0.4 is 5.32 Å². The van der Waals surface area contributed by atoms with E-state index in [0.717, 1.165) is 0 Å². The minimum Gasteiger partial charge on any atom is -0.481 e. The fourth-order valence-electron chi connectivity index (χ4n) is 1.69. The van der Waals surface area contributed by atoms with E-state index < -0.39 is 23.5 Å². The normalized spacial score (nSPS) is 33.2. The van der Waals surface area contributed by atoms with Crippen molar-refractivity contribution >= 4 is 11.9 Å². The number of hydrogen-bond donors (Lipinski definition) is 3. The minimum absolute atomic E-state index is 0.0310. The molecule has 0 saturated carbocycles. The summed E-state index contributed by atoms with van der Waals surface area (Å²) < 4.78 is 0. The van der Waals surface area contributed by atoms with Gasteiger partial charge in [0.1, 0.15) is 6.04 Å². The van der Waals surface area contributed by atoms with E-state index in [1.165, 1.54) is 0 Å². The molecule has 1 saturated heterocycles. The second-order valence-electron chi connectivity index (χ2n) is 3.71. The molecule has 0 aliphatic carbocycles. The monoisotopic (exact) mass is 187 g/mol. The molecule has 1 aliphatic heterocycles. The summed E-state index contributed by atoms with van der Waals surface area (Å²) in [5.74, 6) is -1.81. The summed E-state index contributed by atoms with van der Waals surface area (Å²) in [5, 5.41) is 20.1. The first-order valence-electron chi connectivity index (χ1n) is 4.15. The van der Waals surface area contributed by atoms with E-state index in [1.807, 2.05) is 0 Å². The molecule has 74 valence electrons. The lowest BCUT2D eigenvalue weighted by molar-refractivity contribution is -0.141. The molecule has 5 nitrogen and oxygen atoms in total. The van der Waals surface area contributed by atoms with Gasteiger partial charge in [0.05, 0.1) is 6.42 Å². The molecule has 2 atom stereocenters. The zero-order valence-corrected chi connectivity index (χ0v) is 7.41. The highest BCUT2D eigenvalue weighted by atomic mass is 16.4. The van der Waals surface area contributed by atoms with Crippen molar-refractivity contribution in [2.75, 3.05) is 0 Å². The Kier molecular flexibility index (Phi) is 2.56. The fourth-order valence-corrected chi connectivity index (χ4v) is 1.69. The summed E-state index contributed by atoms with van der Waals surface area (Å²) in [6, 6.07) is -0.593. The Hall–Kier alpha value is -1.10. The van der Waals surface area contributed by atoms with Crippen LogP contribution in [0.2, 0.25) is 0 Å². The van der Waals surface area contributed by atoms with Gasteiger partial charge >= 0.3 is 11.9 Å². The standard InChI is InChI=1S/C8H13NO4/c1-8(4-6(10)11)3-2-5(9-8)7(12)13/h5,9H,2-4H2,1H3,(H,10,11)(H,12,13)/t5-,8?/m0/s1. The van der Waals surface area contributed by atoms with E-state index in [1.54, 1.807) is 6.92 Å². The summed E-state index contributed by atoms with van der Waals surface area (Å²) in [5.41, 5.74) is -0.561. The molecule has 1 unspecified atom stereocenters. The number of carbonyl (C=O) groups is 2. The quantitative estimate of drug-likeness (QED) is 0.581. The minimum atomic E-state index is -0.908. The first kappa shape index (κ1) is 9.98. The Morgan fingerprint density at radius 3 is 2.54 bits per heavy atom. The maximum absolute atomic E-state index is 10.6.